The van der Waals surface area contributed by atoms with Crippen LogP contribution in [-0.4, -0.2) is 11.7 Å². The molecule has 0 aromatic heterocycles. The maximum atomic E-state index is 9.28. The molecule has 0 fully saturated rings. The second-order valence-electron chi connectivity index (χ2n) is 4.38. The lowest BCUT2D eigenvalue weighted by molar-refractivity contribution is 0.461. The molecule has 0 amide bonds. The van der Waals surface area contributed by atoms with Crippen LogP contribution in [0.15, 0.2) is 36.4 Å². The number of rotatable bonds is 5. The summed E-state index contributed by atoms with van der Waals surface area (Å²) in [7, 11) is 0. The number of nitrogens with two attached hydrogens (primary N) is 1. The van der Waals surface area contributed by atoms with E-state index in [1.165, 1.54) is 5.56 Å². The fourth-order valence-electron chi connectivity index (χ4n) is 1.79. The molecule has 3 nitrogen and oxygen atoms in total. The third kappa shape index (κ3) is 4.23. The fourth-order valence-corrected chi connectivity index (χ4v) is 3.91. The van der Waals surface area contributed by atoms with Crippen LogP contribution in [0.2, 0.25) is 0 Å². The average molecular weight is 495 g/mol. The van der Waals surface area contributed by atoms with E-state index >= 15 is 0 Å². The highest BCUT2D eigenvalue weighted by molar-refractivity contribution is 14.1. The lowest BCUT2D eigenvalue weighted by Crippen LogP contribution is -2.01. The van der Waals surface area contributed by atoms with Gasteiger partial charge >= 0.3 is 0 Å². The van der Waals surface area contributed by atoms with Crippen molar-refractivity contribution in [3.05, 3.63) is 49.1 Å². The molecule has 0 unspecified atom stereocenters. The zero-order valence-electron chi connectivity index (χ0n) is 10.8. The molecule has 3 N–H and O–H groups in total. The Kier molecular flexibility index (Phi) is 5.91. The van der Waals surface area contributed by atoms with Gasteiger partial charge in [-0.05, 0) is 107 Å². The molecule has 2 aromatic rings. The predicted octanol–water partition coefficient (Wildman–Crippen LogP) is 4.29. The molecule has 0 heterocycles. The van der Waals surface area contributed by atoms with Crippen LogP contribution in [-0.2, 0) is 6.42 Å². The summed E-state index contributed by atoms with van der Waals surface area (Å²) in [5.41, 5.74) is 6.83. The van der Waals surface area contributed by atoms with Crippen LogP contribution in [0.25, 0.3) is 0 Å². The summed E-state index contributed by atoms with van der Waals surface area (Å²) in [6, 6.07) is 11.0. The molecular formula is C15H15I2NO2. The van der Waals surface area contributed by atoms with Gasteiger partial charge in [-0.3, -0.25) is 0 Å². The minimum atomic E-state index is 0.235. The quantitative estimate of drug-likeness (QED) is 0.610. The first kappa shape index (κ1) is 15.8. The number of halogens is 2. The van der Waals surface area contributed by atoms with Crippen LogP contribution in [0.1, 0.15) is 12.0 Å². The van der Waals surface area contributed by atoms with Crippen molar-refractivity contribution in [1.82, 2.24) is 0 Å². The van der Waals surface area contributed by atoms with Gasteiger partial charge in [-0.1, -0.05) is 0 Å². The Hall–Kier alpha value is -0.540. The van der Waals surface area contributed by atoms with E-state index in [1.54, 1.807) is 24.3 Å². The number of ether oxygens (including phenoxy) is 1. The van der Waals surface area contributed by atoms with Crippen molar-refractivity contribution in [3.63, 3.8) is 0 Å². The van der Waals surface area contributed by atoms with E-state index in [2.05, 4.69) is 57.3 Å². The average Bonchev–Trinajstić information content (AvgIpc) is 2.42. The Balaban J connectivity index is 2.21. The molecule has 5 heteroatoms. The van der Waals surface area contributed by atoms with Crippen LogP contribution < -0.4 is 10.5 Å². The molecule has 2 aromatic carbocycles. The third-order valence-corrected chi connectivity index (χ3v) is 4.39. The first-order chi connectivity index (χ1) is 9.60. The smallest absolute Gasteiger partial charge is 0.154 e. The number of aryl methyl sites for hydroxylation is 1. The fraction of sp³-hybridized carbons (Fsp3) is 0.200. The van der Waals surface area contributed by atoms with E-state index < -0.39 is 0 Å². The topological polar surface area (TPSA) is 55.5 Å². The normalized spacial score (nSPS) is 10.6. The monoisotopic (exact) mass is 495 g/mol. The molecule has 0 aliphatic carbocycles. The van der Waals surface area contributed by atoms with E-state index in [0.29, 0.717) is 12.3 Å². The van der Waals surface area contributed by atoms with Crippen molar-refractivity contribution < 1.29 is 9.84 Å². The van der Waals surface area contributed by atoms with E-state index in [4.69, 9.17) is 10.5 Å². The zero-order chi connectivity index (χ0) is 14.5. The standard InChI is InChI=1S/C15H15I2NO2/c16-13-8-10(2-1-7-18)9-14(17)15(13)20-12-5-3-11(19)4-6-12/h3-6,8-9,19H,1-2,7,18H2. The van der Waals surface area contributed by atoms with Gasteiger partial charge in [0.1, 0.15) is 11.5 Å². The molecule has 0 atom stereocenters. The van der Waals surface area contributed by atoms with Crippen molar-refractivity contribution in [2.24, 2.45) is 5.73 Å². The number of phenolic OH excluding ortho intramolecular Hbond substituents is 1. The van der Waals surface area contributed by atoms with Gasteiger partial charge in [-0.2, -0.15) is 0 Å². The Morgan fingerprint density at radius 1 is 1.05 bits per heavy atom. The van der Waals surface area contributed by atoms with Crippen molar-refractivity contribution in [2.45, 2.75) is 12.8 Å². The lowest BCUT2D eigenvalue weighted by Gasteiger charge is -2.12. The second kappa shape index (κ2) is 7.46. The first-order valence-electron chi connectivity index (χ1n) is 6.25. The van der Waals surface area contributed by atoms with Crippen LogP contribution in [0, 0.1) is 7.14 Å². The van der Waals surface area contributed by atoms with Crippen LogP contribution in [0.4, 0.5) is 0 Å². The molecular weight excluding hydrogens is 480 g/mol. The van der Waals surface area contributed by atoms with Gasteiger partial charge in [-0.15, -0.1) is 0 Å². The first-order valence-corrected chi connectivity index (χ1v) is 8.41. The Morgan fingerprint density at radius 2 is 1.65 bits per heavy atom. The van der Waals surface area contributed by atoms with E-state index in [0.717, 1.165) is 25.7 Å². The minimum Gasteiger partial charge on any atom is -0.508 e. The molecule has 106 valence electrons. The lowest BCUT2D eigenvalue weighted by atomic mass is 10.1. The van der Waals surface area contributed by atoms with Gasteiger partial charge < -0.3 is 15.6 Å². The number of phenols is 1. The molecule has 0 saturated heterocycles. The summed E-state index contributed by atoms with van der Waals surface area (Å²) in [5, 5.41) is 9.28. The van der Waals surface area contributed by atoms with Crippen LogP contribution in [0.3, 0.4) is 0 Å². The van der Waals surface area contributed by atoms with Crippen molar-refractivity contribution in [2.75, 3.05) is 6.54 Å². The number of benzene rings is 2. The number of aromatic hydroxyl groups is 1. The van der Waals surface area contributed by atoms with Crippen molar-refractivity contribution >= 4 is 45.2 Å². The Bertz CT molecular complexity index is 562. The predicted molar refractivity (Wildman–Crippen MR) is 97.4 cm³/mol. The summed E-state index contributed by atoms with van der Waals surface area (Å²) in [6.07, 6.45) is 1.98. The summed E-state index contributed by atoms with van der Waals surface area (Å²) < 4.78 is 8.06. The minimum absolute atomic E-state index is 0.235. The highest BCUT2D eigenvalue weighted by atomic mass is 127. The Morgan fingerprint density at radius 3 is 2.20 bits per heavy atom. The maximum absolute atomic E-state index is 9.28. The highest BCUT2D eigenvalue weighted by Crippen LogP contribution is 2.33. The molecule has 2 rings (SSSR count). The largest absolute Gasteiger partial charge is 0.508 e. The zero-order valence-corrected chi connectivity index (χ0v) is 15.1. The Labute approximate surface area is 145 Å². The van der Waals surface area contributed by atoms with Gasteiger partial charge in [0.2, 0.25) is 0 Å². The van der Waals surface area contributed by atoms with Crippen LogP contribution >= 0.6 is 45.2 Å². The van der Waals surface area contributed by atoms with Gasteiger partial charge in [0.15, 0.2) is 5.75 Å². The highest BCUT2D eigenvalue weighted by Gasteiger charge is 2.10. The van der Waals surface area contributed by atoms with Gasteiger partial charge in [0.25, 0.3) is 0 Å². The van der Waals surface area contributed by atoms with Crippen LogP contribution in [0.5, 0.6) is 17.2 Å². The van der Waals surface area contributed by atoms with Gasteiger partial charge in [0, 0.05) is 0 Å². The molecule has 20 heavy (non-hydrogen) atoms. The second-order valence-corrected chi connectivity index (χ2v) is 6.70. The van der Waals surface area contributed by atoms with Gasteiger partial charge in [-0.25, -0.2) is 0 Å². The maximum Gasteiger partial charge on any atom is 0.154 e. The van der Waals surface area contributed by atoms with E-state index in [1.807, 2.05) is 0 Å². The number of hydrogen-bond acceptors (Lipinski definition) is 3. The summed E-state index contributed by atoms with van der Waals surface area (Å²) >= 11 is 4.57. The van der Waals surface area contributed by atoms with Crippen molar-refractivity contribution in [3.8, 4) is 17.2 Å². The molecule has 0 saturated carbocycles. The third-order valence-electron chi connectivity index (χ3n) is 2.78. The SMILES string of the molecule is NCCCc1cc(I)c(Oc2ccc(O)cc2)c(I)c1. The summed E-state index contributed by atoms with van der Waals surface area (Å²) in [4.78, 5) is 0. The van der Waals surface area contributed by atoms with E-state index in [9.17, 15) is 5.11 Å². The summed E-state index contributed by atoms with van der Waals surface area (Å²) in [6.45, 7) is 0.707. The van der Waals surface area contributed by atoms with Crippen molar-refractivity contribution in [1.29, 1.82) is 0 Å². The van der Waals surface area contributed by atoms with E-state index in [-0.39, 0.29) is 5.75 Å². The molecule has 0 aliphatic heterocycles. The van der Waals surface area contributed by atoms with Gasteiger partial charge in [0.05, 0.1) is 7.14 Å². The molecule has 0 spiro atoms. The molecule has 0 radical (unpaired) electrons. The molecule has 0 aliphatic rings. The number of hydrogen-bond donors (Lipinski definition) is 2. The molecule has 0 bridgehead atoms. The summed E-state index contributed by atoms with van der Waals surface area (Å²) in [5.74, 6) is 1.81.